The summed E-state index contributed by atoms with van der Waals surface area (Å²) in [5, 5.41) is 1.34. The Labute approximate surface area is 199 Å². The summed E-state index contributed by atoms with van der Waals surface area (Å²) in [4.78, 5) is 30.7. The molecule has 1 saturated heterocycles. The molecule has 0 aromatic heterocycles. The van der Waals surface area contributed by atoms with Gasteiger partial charge in [0.15, 0.2) is 0 Å². The van der Waals surface area contributed by atoms with Crippen molar-refractivity contribution in [2.75, 3.05) is 23.0 Å². The van der Waals surface area contributed by atoms with Gasteiger partial charge in [-0.15, -0.1) is 0 Å². The fourth-order valence-corrected chi connectivity index (χ4v) is 3.74. The largest absolute Gasteiger partial charge is 0.317 e. The van der Waals surface area contributed by atoms with E-state index in [1.807, 2.05) is 51.1 Å². The molecular formula is C25H29ClN5O2+. The van der Waals surface area contributed by atoms with Gasteiger partial charge in [-0.3, -0.25) is 9.59 Å². The van der Waals surface area contributed by atoms with E-state index in [4.69, 9.17) is 17.3 Å². The summed E-state index contributed by atoms with van der Waals surface area (Å²) in [5.74, 6) is -0.439. The molecule has 0 bridgehead atoms. The molecule has 1 aliphatic heterocycles. The Bertz CT molecular complexity index is 1130. The number of hydrogen-bond donors (Lipinski definition) is 2. The van der Waals surface area contributed by atoms with E-state index in [1.54, 1.807) is 36.1 Å². The van der Waals surface area contributed by atoms with Gasteiger partial charge >= 0.3 is 6.07 Å². The van der Waals surface area contributed by atoms with Crippen LogP contribution >= 0.6 is 11.6 Å². The molecule has 1 heterocycles. The minimum atomic E-state index is -1.06. The molecule has 1 aliphatic rings. The Kier molecular flexibility index (Phi) is 7.54. The summed E-state index contributed by atoms with van der Waals surface area (Å²) in [7, 11) is 0. The second-order valence-corrected chi connectivity index (χ2v) is 8.69. The molecule has 33 heavy (non-hydrogen) atoms. The van der Waals surface area contributed by atoms with E-state index in [0.29, 0.717) is 30.0 Å². The number of amides is 2. The predicted molar refractivity (Wildman–Crippen MR) is 135 cm³/mol. The van der Waals surface area contributed by atoms with Crippen molar-refractivity contribution in [2.24, 2.45) is 5.73 Å². The first-order chi connectivity index (χ1) is 15.7. The zero-order valence-corrected chi connectivity index (χ0v) is 20.1. The molecule has 8 heteroatoms. The van der Waals surface area contributed by atoms with E-state index in [1.165, 1.54) is 5.01 Å². The van der Waals surface area contributed by atoms with Gasteiger partial charge in [-0.05, 0) is 62.7 Å². The summed E-state index contributed by atoms with van der Waals surface area (Å²) < 4.78 is 0. The molecule has 172 valence electrons. The van der Waals surface area contributed by atoms with Crippen LogP contribution in [0.2, 0.25) is 0 Å². The fraction of sp³-hybridized carbons (Fsp3) is 0.320. The number of anilines is 2. The highest BCUT2D eigenvalue weighted by atomic mass is 35.5. The Morgan fingerprint density at radius 1 is 1.27 bits per heavy atom. The number of hydrogen-bond acceptors (Lipinski definition) is 4. The van der Waals surface area contributed by atoms with Gasteiger partial charge in [-0.2, -0.15) is 0 Å². The predicted octanol–water partition coefficient (Wildman–Crippen LogP) is 4.24. The average Bonchev–Trinajstić information content (AvgIpc) is 3.01. The third kappa shape index (κ3) is 5.25. The number of benzene rings is 2. The molecule has 0 spiro atoms. The Morgan fingerprint density at radius 3 is 2.52 bits per heavy atom. The monoisotopic (exact) mass is 466 g/mol. The van der Waals surface area contributed by atoms with Crippen molar-refractivity contribution in [3.63, 3.8) is 0 Å². The zero-order chi connectivity index (χ0) is 24.2. The van der Waals surface area contributed by atoms with Gasteiger partial charge < -0.3 is 10.6 Å². The third-order valence-corrected chi connectivity index (χ3v) is 5.68. The van der Waals surface area contributed by atoms with Crippen LogP contribution in [0.4, 0.5) is 11.4 Å². The highest BCUT2D eigenvalue weighted by Crippen LogP contribution is 2.29. The molecule has 1 fully saturated rings. The molecule has 2 atom stereocenters. The summed E-state index contributed by atoms with van der Waals surface area (Å²) in [6.07, 6.45) is 1.90. The zero-order valence-electron chi connectivity index (χ0n) is 19.3. The van der Waals surface area contributed by atoms with E-state index in [2.05, 4.69) is 16.3 Å². The van der Waals surface area contributed by atoms with Crippen molar-refractivity contribution in [1.29, 1.82) is 0 Å². The second kappa shape index (κ2) is 10.2. The lowest BCUT2D eigenvalue weighted by Crippen LogP contribution is -2.46. The van der Waals surface area contributed by atoms with Crippen LogP contribution in [0.3, 0.4) is 0 Å². The van der Waals surface area contributed by atoms with Gasteiger partial charge in [0.05, 0.1) is 11.3 Å². The Hall–Kier alpha value is -3.18. The van der Waals surface area contributed by atoms with E-state index in [9.17, 15) is 9.59 Å². The van der Waals surface area contributed by atoms with Crippen LogP contribution in [-0.2, 0) is 4.79 Å². The minimum Gasteiger partial charge on any atom is -0.317 e. The van der Waals surface area contributed by atoms with Crippen molar-refractivity contribution >= 4 is 40.9 Å². The first kappa shape index (κ1) is 24.5. The number of rotatable bonds is 5. The number of allylic oxidation sites excluding steroid dienone is 1. The lowest BCUT2D eigenvalue weighted by atomic mass is 10.0. The highest BCUT2D eigenvalue weighted by Gasteiger charge is 2.46. The number of halogens is 1. The van der Waals surface area contributed by atoms with Crippen LogP contribution in [0.15, 0.2) is 54.1 Å². The average molecular weight is 467 g/mol. The molecule has 2 unspecified atom stereocenters. The van der Waals surface area contributed by atoms with Crippen molar-refractivity contribution in [1.82, 2.24) is 5.43 Å². The standard InChI is InChI=1S/C25H28ClN5O2/c1-5-28-16-17(3)15-18-9-7-8-10-21(18)23(32)30(6-2)19-11-13-20(14-12-19)31-24(33)22(27)25(4,26)29-31/h7-15,22H,5-6,27H2,1-4H3/p+1. The molecule has 0 saturated carbocycles. The lowest BCUT2D eigenvalue weighted by molar-refractivity contribution is -0.118. The first-order valence-corrected chi connectivity index (χ1v) is 11.3. The summed E-state index contributed by atoms with van der Waals surface area (Å²) in [6, 6.07) is 16.7. The number of carbonyl (C=O) groups is 2. The normalized spacial score (nSPS) is 20.4. The molecule has 0 aliphatic carbocycles. The van der Waals surface area contributed by atoms with Gasteiger partial charge in [-0.1, -0.05) is 34.6 Å². The van der Waals surface area contributed by atoms with Crippen molar-refractivity contribution in [2.45, 2.75) is 38.7 Å². The molecule has 2 aromatic rings. The van der Waals surface area contributed by atoms with E-state index in [-0.39, 0.29) is 11.8 Å². The fourth-order valence-electron chi connectivity index (χ4n) is 3.56. The maximum absolute atomic E-state index is 13.5. The smallest absolute Gasteiger partial charge is 0.306 e. The van der Waals surface area contributed by atoms with Gasteiger partial charge in [0.25, 0.3) is 18.4 Å². The summed E-state index contributed by atoms with van der Waals surface area (Å²) in [5.41, 5.74) is 12.4. The molecule has 3 N–H and O–H groups in total. The maximum Gasteiger partial charge on any atom is 0.306 e. The number of nitrogens with zero attached hydrogens (tertiary/aromatic N) is 3. The Morgan fingerprint density at radius 2 is 1.94 bits per heavy atom. The van der Waals surface area contributed by atoms with Crippen LogP contribution in [0.25, 0.3) is 10.9 Å². The topological polar surface area (TPSA) is 83.0 Å². The molecule has 2 aromatic carbocycles. The number of alkyl halides is 1. The van der Waals surface area contributed by atoms with E-state index >= 15 is 0 Å². The van der Waals surface area contributed by atoms with Crippen LogP contribution in [0.5, 0.6) is 0 Å². The van der Waals surface area contributed by atoms with Crippen LogP contribution < -0.4 is 21.1 Å². The molecule has 7 nitrogen and oxygen atoms in total. The van der Waals surface area contributed by atoms with Gasteiger partial charge in [0.1, 0.15) is 11.0 Å². The molecule has 3 rings (SSSR count). The van der Waals surface area contributed by atoms with Crippen LogP contribution in [0.1, 0.15) is 43.6 Å². The number of carbonyl (C=O) groups excluding carboxylic acids is 2. The van der Waals surface area contributed by atoms with Crippen molar-refractivity contribution in [3.8, 4) is 6.07 Å². The molecule has 2 amide bonds. The SMILES string of the molecule is CC[N+]#CC(C)=Cc1ccccc1C(=O)N(CC)c1ccc(N2NC(C)(Cl)C(N)C2=O)cc1. The summed E-state index contributed by atoms with van der Waals surface area (Å²) >= 11 is 6.28. The Balaban J connectivity index is 1.87. The van der Waals surface area contributed by atoms with Gasteiger partial charge in [0.2, 0.25) is 0 Å². The van der Waals surface area contributed by atoms with Gasteiger partial charge in [0, 0.05) is 24.7 Å². The number of nitrogens with two attached hydrogens (primary N) is 1. The lowest BCUT2D eigenvalue weighted by Gasteiger charge is -2.24. The molecule has 0 radical (unpaired) electrons. The number of hydrazine groups is 1. The quantitative estimate of drug-likeness (QED) is 0.392. The van der Waals surface area contributed by atoms with Crippen LogP contribution in [-0.4, -0.2) is 35.9 Å². The van der Waals surface area contributed by atoms with E-state index < -0.39 is 11.0 Å². The maximum atomic E-state index is 13.5. The highest BCUT2D eigenvalue weighted by molar-refractivity contribution is 6.28. The molecular weight excluding hydrogens is 438 g/mol. The number of nitrogens with one attached hydrogen (secondary N) is 1. The first-order valence-electron chi connectivity index (χ1n) is 10.9. The van der Waals surface area contributed by atoms with Gasteiger partial charge in [-0.25, -0.2) is 10.4 Å². The third-order valence-electron chi connectivity index (χ3n) is 5.36. The van der Waals surface area contributed by atoms with E-state index in [0.717, 1.165) is 11.1 Å². The van der Waals surface area contributed by atoms with Crippen LogP contribution in [0, 0.1) is 6.07 Å². The van der Waals surface area contributed by atoms with Crippen molar-refractivity contribution < 1.29 is 9.59 Å². The second-order valence-electron chi connectivity index (χ2n) is 7.91. The minimum absolute atomic E-state index is 0.122. The van der Waals surface area contributed by atoms with Crippen molar-refractivity contribution in [3.05, 3.63) is 70.1 Å². The summed E-state index contributed by atoms with van der Waals surface area (Å²) in [6.45, 7) is 8.55.